The summed E-state index contributed by atoms with van der Waals surface area (Å²) in [6, 6.07) is 0. The summed E-state index contributed by atoms with van der Waals surface area (Å²) in [4.78, 5) is 4.69. The van der Waals surface area contributed by atoms with Gasteiger partial charge in [-0.05, 0) is 12.8 Å². The first-order valence-corrected chi connectivity index (χ1v) is 5.35. The van der Waals surface area contributed by atoms with Crippen molar-refractivity contribution in [2.45, 2.75) is 32.3 Å². The molecule has 1 rings (SSSR count). The van der Waals surface area contributed by atoms with Crippen molar-refractivity contribution >= 4 is 24.0 Å². The molecule has 1 saturated heterocycles. The van der Waals surface area contributed by atoms with Gasteiger partial charge >= 0.3 is 0 Å². The number of hydrogen-bond donors (Lipinski definition) is 0. The average molecular weight is 227 g/mol. The van der Waals surface area contributed by atoms with Crippen LogP contribution in [0.5, 0.6) is 0 Å². The first-order chi connectivity index (χ1) is 5.79. The highest BCUT2D eigenvalue weighted by atomic mass is 35.5. The maximum Gasteiger partial charge on any atom is 0.140 e. The van der Waals surface area contributed by atoms with Crippen LogP contribution in [0.4, 0.5) is 0 Å². The fraction of sp³-hybridized carbons (Fsp3) is 1.00. The second-order valence-corrected chi connectivity index (χ2v) is 3.77. The Bertz CT molecular complexity index is 119. The lowest BCUT2D eigenvalue weighted by Crippen LogP contribution is -2.34. The molecule has 0 aliphatic carbocycles. The quantitative estimate of drug-likeness (QED) is 0.537. The molecule has 1 aliphatic heterocycles. The standard InChI is InChI=1S/C9H19ClN2.ClH/c1-3-5-11-7-8-12(6-4-2)9(11)10;/h9H,3-8H2,1-2H3;1H. The van der Waals surface area contributed by atoms with Crippen molar-refractivity contribution < 1.29 is 0 Å². The van der Waals surface area contributed by atoms with E-state index in [1.54, 1.807) is 0 Å². The van der Waals surface area contributed by atoms with Gasteiger partial charge in [0.1, 0.15) is 5.62 Å². The molecule has 0 saturated carbocycles. The van der Waals surface area contributed by atoms with Gasteiger partial charge in [-0.15, -0.1) is 12.4 Å². The summed E-state index contributed by atoms with van der Waals surface area (Å²) in [5.74, 6) is 0. The van der Waals surface area contributed by atoms with Gasteiger partial charge in [-0.3, -0.25) is 9.80 Å². The number of nitrogens with zero attached hydrogens (tertiary/aromatic N) is 2. The molecule has 0 aromatic carbocycles. The van der Waals surface area contributed by atoms with Gasteiger partial charge in [-0.2, -0.15) is 0 Å². The summed E-state index contributed by atoms with van der Waals surface area (Å²) in [5.41, 5.74) is 0.157. The highest BCUT2D eigenvalue weighted by Crippen LogP contribution is 2.18. The molecule has 0 spiro atoms. The molecule has 80 valence electrons. The van der Waals surface area contributed by atoms with Crippen LogP contribution in [0.1, 0.15) is 26.7 Å². The van der Waals surface area contributed by atoms with E-state index < -0.39 is 0 Å². The fourth-order valence-electron chi connectivity index (χ4n) is 1.71. The van der Waals surface area contributed by atoms with E-state index in [1.807, 2.05) is 0 Å². The summed E-state index contributed by atoms with van der Waals surface area (Å²) < 4.78 is 0. The smallest absolute Gasteiger partial charge is 0.140 e. The molecule has 2 nitrogen and oxygen atoms in total. The summed E-state index contributed by atoms with van der Waals surface area (Å²) in [6.07, 6.45) is 2.40. The lowest BCUT2D eigenvalue weighted by molar-refractivity contribution is 0.208. The normalized spacial score (nSPS) is 20.5. The molecule has 1 aliphatic rings. The van der Waals surface area contributed by atoms with Crippen molar-refractivity contribution in [1.29, 1.82) is 0 Å². The molecular formula is C9H20Cl2N2. The molecule has 4 heteroatoms. The van der Waals surface area contributed by atoms with Crippen LogP contribution < -0.4 is 0 Å². The van der Waals surface area contributed by atoms with Crippen LogP contribution >= 0.6 is 24.0 Å². The zero-order valence-electron chi connectivity index (χ0n) is 8.50. The van der Waals surface area contributed by atoms with E-state index in [4.69, 9.17) is 11.6 Å². The minimum absolute atomic E-state index is 0. The van der Waals surface area contributed by atoms with E-state index in [2.05, 4.69) is 23.6 Å². The zero-order chi connectivity index (χ0) is 8.97. The van der Waals surface area contributed by atoms with Crippen molar-refractivity contribution in [3.05, 3.63) is 0 Å². The molecule has 0 radical (unpaired) electrons. The number of alkyl halides is 1. The predicted molar refractivity (Wildman–Crippen MR) is 60.6 cm³/mol. The Morgan fingerprint density at radius 1 is 1.08 bits per heavy atom. The molecule has 0 aromatic rings. The van der Waals surface area contributed by atoms with Crippen molar-refractivity contribution in [3.8, 4) is 0 Å². The Morgan fingerprint density at radius 2 is 1.46 bits per heavy atom. The summed E-state index contributed by atoms with van der Waals surface area (Å²) >= 11 is 6.25. The third-order valence-corrected chi connectivity index (χ3v) is 2.85. The second kappa shape index (κ2) is 6.88. The lowest BCUT2D eigenvalue weighted by Gasteiger charge is -2.23. The van der Waals surface area contributed by atoms with Gasteiger partial charge in [0.15, 0.2) is 0 Å². The van der Waals surface area contributed by atoms with Crippen molar-refractivity contribution in [1.82, 2.24) is 9.80 Å². The molecule has 1 fully saturated rings. The van der Waals surface area contributed by atoms with Gasteiger partial charge < -0.3 is 0 Å². The molecule has 0 aromatic heterocycles. The van der Waals surface area contributed by atoms with Gasteiger partial charge in [-0.25, -0.2) is 0 Å². The van der Waals surface area contributed by atoms with E-state index >= 15 is 0 Å². The second-order valence-electron chi connectivity index (χ2n) is 3.38. The molecule has 0 atom stereocenters. The van der Waals surface area contributed by atoms with E-state index in [9.17, 15) is 0 Å². The molecular weight excluding hydrogens is 207 g/mol. The van der Waals surface area contributed by atoms with Crippen LogP contribution in [0.3, 0.4) is 0 Å². The highest BCUT2D eigenvalue weighted by Gasteiger charge is 2.28. The Kier molecular flexibility index (Phi) is 7.15. The summed E-state index contributed by atoms with van der Waals surface area (Å²) in [6.45, 7) is 8.95. The van der Waals surface area contributed by atoms with Crippen LogP contribution in [0, 0.1) is 0 Å². The van der Waals surface area contributed by atoms with Gasteiger partial charge in [0.05, 0.1) is 0 Å². The first kappa shape index (κ1) is 13.5. The van der Waals surface area contributed by atoms with E-state index in [0.717, 1.165) is 26.2 Å². The Morgan fingerprint density at radius 3 is 1.77 bits per heavy atom. The number of halogens is 2. The molecule has 0 amide bonds. The monoisotopic (exact) mass is 226 g/mol. The Hall–Kier alpha value is 0.500. The maximum atomic E-state index is 6.25. The number of hydrogen-bond acceptors (Lipinski definition) is 2. The zero-order valence-corrected chi connectivity index (χ0v) is 10.1. The largest absolute Gasteiger partial charge is 0.274 e. The SMILES string of the molecule is CCCN1CCN(CCC)C1Cl.Cl. The van der Waals surface area contributed by atoms with Gasteiger partial charge in [0.25, 0.3) is 0 Å². The Labute approximate surface area is 92.6 Å². The van der Waals surface area contributed by atoms with Crippen LogP contribution in [-0.4, -0.2) is 41.6 Å². The van der Waals surface area contributed by atoms with Gasteiger partial charge in [-0.1, -0.05) is 25.4 Å². The molecule has 0 N–H and O–H groups in total. The predicted octanol–water partition coefficient (Wildman–Crippen LogP) is 2.37. The minimum atomic E-state index is 0. The van der Waals surface area contributed by atoms with Gasteiger partial charge in [0.2, 0.25) is 0 Å². The lowest BCUT2D eigenvalue weighted by atomic mass is 10.4. The third kappa shape index (κ3) is 3.62. The van der Waals surface area contributed by atoms with Crippen molar-refractivity contribution in [2.75, 3.05) is 26.2 Å². The molecule has 1 heterocycles. The molecule has 0 unspecified atom stereocenters. The minimum Gasteiger partial charge on any atom is -0.274 e. The molecule has 13 heavy (non-hydrogen) atoms. The van der Waals surface area contributed by atoms with Crippen LogP contribution in [-0.2, 0) is 0 Å². The summed E-state index contributed by atoms with van der Waals surface area (Å²) in [5, 5.41) is 0. The molecule has 0 bridgehead atoms. The van der Waals surface area contributed by atoms with Crippen molar-refractivity contribution in [3.63, 3.8) is 0 Å². The number of rotatable bonds is 4. The third-order valence-electron chi connectivity index (χ3n) is 2.30. The van der Waals surface area contributed by atoms with Crippen LogP contribution in [0.2, 0.25) is 0 Å². The van der Waals surface area contributed by atoms with E-state index in [1.165, 1.54) is 12.8 Å². The maximum absolute atomic E-state index is 6.25. The average Bonchev–Trinajstić information content (AvgIpc) is 2.38. The Balaban J connectivity index is 0.00000144. The van der Waals surface area contributed by atoms with E-state index in [0.29, 0.717) is 0 Å². The first-order valence-electron chi connectivity index (χ1n) is 4.91. The van der Waals surface area contributed by atoms with E-state index in [-0.39, 0.29) is 18.0 Å². The van der Waals surface area contributed by atoms with Crippen LogP contribution in [0.25, 0.3) is 0 Å². The summed E-state index contributed by atoms with van der Waals surface area (Å²) in [7, 11) is 0. The van der Waals surface area contributed by atoms with Crippen molar-refractivity contribution in [2.24, 2.45) is 0 Å². The topological polar surface area (TPSA) is 6.48 Å². The highest BCUT2D eigenvalue weighted by molar-refractivity contribution is 6.20. The fourth-order valence-corrected chi connectivity index (χ4v) is 2.10. The van der Waals surface area contributed by atoms with Gasteiger partial charge in [0, 0.05) is 26.2 Å². The van der Waals surface area contributed by atoms with Crippen LogP contribution in [0.15, 0.2) is 0 Å².